The number of aromatic nitrogens is 1. The number of rotatable bonds is 5. The first-order valence-corrected chi connectivity index (χ1v) is 8.41. The van der Waals surface area contributed by atoms with Gasteiger partial charge in [0.15, 0.2) is 0 Å². The van der Waals surface area contributed by atoms with E-state index in [1.54, 1.807) is 42.5 Å². The molecule has 26 heavy (non-hydrogen) atoms. The van der Waals surface area contributed by atoms with E-state index in [9.17, 15) is 9.18 Å². The molecular weight excluding hydrogens is 353 g/mol. The van der Waals surface area contributed by atoms with Crippen molar-refractivity contribution in [1.82, 2.24) is 4.98 Å². The molecule has 0 saturated heterocycles. The smallest absolute Gasteiger partial charge is 0.274 e. The fourth-order valence-corrected chi connectivity index (χ4v) is 2.52. The van der Waals surface area contributed by atoms with Crippen LogP contribution in [0, 0.1) is 12.7 Å². The summed E-state index contributed by atoms with van der Waals surface area (Å²) < 4.78 is 13.6. The lowest BCUT2D eigenvalue weighted by atomic mass is 10.2. The zero-order valence-electron chi connectivity index (χ0n) is 14.1. The molecule has 3 aromatic rings. The third-order valence-corrected chi connectivity index (χ3v) is 4.27. The lowest BCUT2D eigenvalue weighted by Crippen LogP contribution is -2.13. The molecule has 3 rings (SSSR count). The number of nitrogens with zero attached hydrogens (tertiary/aromatic N) is 1. The highest BCUT2D eigenvalue weighted by Crippen LogP contribution is 2.20. The van der Waals surface area contributed by atoms with Crippen LogP contribution in [-0.2, 0) is 6.54 Å². The molecule has 0 radical (unpaired) electrons. The van der Waals surface area contributed by atoms with Gasteiger partial charge in [0.2, 0.25) is 0 Å². The van der Waals surface area contributed by atoms with Gasteiger partial charge in [-0.1, -0.05) is 35.9 Å². The molecule has 0 aliphatic rings. The lowest BCUT2D eigenvalue weighted by Gasteiger charge is -2.09. The first-order valence-electron chi connectivity index (χ1n) is 8.04. The molecule has 2 aromatic carbocycles. The Balaban J connectivity index is 1.62. The van der Waals surface area contributed by atoms with Crippen molar-refractivity contribution in [1.29, 1.82) is 0 Å². The number of halogens is 2. The normalized spacial score (nSPS) is 10.4. The number of amides is 1. The van der Waals surface area contributed by atoms with Gasteiger partial charge in [0.25, 0.3) is 5.91 Å². The molecule has 132 valence electrons. The molecule has 0 bridgehead atoms. The zero-order chi connectivity index (χ0) is 18.5. The van der Waals surface area contributed by atoms with Gasteiger partial charge in [-0.2, -0.15) is 0 Å². The van der Waals surface area contributed by atoms with Crippen molar-refractivity contribution in [2.45, 2.75) is 13.5 Å². The molecule has 0 unspecified atom stereocenters. The van der Waals surface area contributed by atoms with Gasteiger partial charge in [-0.05, 0) is 42.8 Å². The van der Waals surface area contributed by atoms with Crippen LogP contribution >= 0.6 is 11.6 Å². The third-order valence-electron chi connectivity index (χ3n) is 3.87. The van der Waals surface area contributed by atoms with Crippen LogP contribution in [0.5, 0.6) is 0 Å². The van der Waals surface area contributed by atoms with Gasteiger partial charge in [-0.25, -0.2) is 9.37 Å². The monoisotopic (exact) mass is 369 g/mol. The van der Waals surface area contributed by atoms with Gasteiger partial charge < -0.3 is 10.6 Å². The quantitative estimate of drug-likeness (QED) is 0.662. The minimum atomic E-state index is -0.328. The zero-order valence-corrected chi connectivity index (χ0v) is 14.8. The molecule has 0 saturated carbocycles. The number of nitrogens with one attached hydrogen (secondary N) is 2. The van der Waals surface area contributed by atoms with Crippen LogP contribution < -0.4 is 10.6 Å². The van der Waals surface area contributed by atoms with E-state index in [1.807, 2.05) is 13.0 Å². The van der Waals surface area contributed by atoms with Crippen LogP contribution in [0.2, 0.25) is 5.02 Å². The lowest BCUT2D eigenvalue weighted by molar-refractivity contribution is 0.102. The summed E-state index contributed by atoms with van der Waals surface area (Å²) >= 11 is 6.06. The van der Waals surface area contributed by atoms with Gasteiger partial charge in [0.05, 0.1) is 11.9 Å². The predicted molar refractivity (Wildman–Crippen MR) is 102 cm³/mol. The number of pyridine rings is 1. The molecule has 4 nitrogen and oxygen atoms in total. The largest absolute Gasteiger partial charge is 0.380 e. The number of hydrogen-bond donors (Lipinski definition) is 2. The van der Waals surface area contributed by atoms with Crippen molar-refractivity contribution in [3.63, 3.8) is 0 Å². The summed E-state index contributed by atoms with van der Waals surface area (Å²) in [6.45, 7) is 2.23. The number of carbonyl (C=O) groups is 1. The summed E-state index contributed by atoms with van der Waals surface area (Å²) in [7, 11) is 0. The minimum Gasteiger partial charge on any atom is -0.380 e. The van der Waals surface area contributed by atoms with Crippen LogP contribution in [0.4, 0.5) is 15.8 Å². The molecule has 1 amide bonds. The topological polar surface area (TPSA) is 54.0 Å². The standard InChI is InChI=1S/C20H17ClFN3O/c1-13-6-7-15(10-17(13)21)25-20(26)19-9-8-16(12-24-19)23-11-14-4-2-3-5-18(14)22/h2-10,12,23H,11H2,1H3,(H,25,26). The van der Waals surface area contributed by atoms with Crippen molar-refractivity contribution in [3.05, 3.63) is 88.5 Å². The second-order valence-corrected chi connectivity index (χ2v) is 6.20. The Morgan fingerprint density at radius 1 is 1.12 bits per heavy atom. The average Bonchev–Trinajstić information content (AvgIpc) is 2.64. The van der Waals surface area contributed by atoms with Crippen molar-refractivity contribution in [2.75, 3.05) is 10.6 Å². The van der Waals surface area contributed by atoms with Crippen LogP contribution in [0.15, 0.2) is 60.8 Å². The number of aryl methyl sites for hydroxylation is 1. The highest BCUT2D eigenvalue weighted by Gasteiger charge is 2.09. The maximum Gasteiger partial charge on any atom is 0.274 e. The first-order chi connectivity index (χ1) is 12.5. The third kappa shape index (κ3) is 4.37. The summed E-state index contributed by atoms with van der Waals surface area (Å²) in [5.74, 6) is -0.591. The highest BCUT2D eigenvalue weighted by atomic mass is 35.5. The highest BCUT2D eigenvalue weighted by molar-refractivity contribution is 6.31. The van der Waals surface area contributed by atoms with Crippen molar-refractivity contribution < 1.29 is 9.18 Å². The van der Waals surface area contributed by atoms with Crippen LogP contribution in [0.25, 0.3) is 0 Å². The van der Waals surface area contributed by atoms with Crippen LogP contribution in [-0.4, -0.2) is 10.9 Å². The minimum absolute atomic E-state index is 0.263. The Hall–Kier alpha value is -2.92. The molecular formula is C20H17ClFN3O. The van der Waals surface area contributed by atoms with E-state index in [0.717, 1.165) is 5.56 Å². The van der Waals surface area contributed by atoms with E-state index in [-0.39, 0.29) is 17.4 Å². The van der Waals surface area contributed by atoms with E-state index in [4.69, 9.17) is 11.6 Å². The van der Waals surface area contributed by atoms with Crippen molar-refractivity contribution >= 4 is 28.9 Å². The number of hydrogen-bond acceptors (Lipinski definition) is 3. The van der Waals surface area contributed by atoms with Gasteiger partial charge in [0, 0.05) is 22.8 Å². The molecule has 0 aliphatic heterocycles. The molecule has 6 heteroatoms. The SMILES string of the molecule is Cc1ccc(NC(=O)c2ccc(NCc3ccccc3F)cn2)cc1Cl. The summed E-state index contributed by atoms with van der Waals surface area (Å²) in [4.78, 5) is 16.4. The average molecular weight is 370 g/mol. The molecule has 0 atom stereocenters. The molecule has 0 fully saturated rings. The maximum absolute atomic E-state index is 13.6. The van der Waals surface area contributed by atoms with Gasteiger partial charge >= 0.3 is 0 Å². The number of carbonyl (C=O) groups excluding carboxylic acids is 1. The fourth-order valence-electron chi connectivity index (χ4n) is 2.34. The van der Waals surface area contributed by atoms with E-state index in [1.165, 1.54) is 12.3 Å². The molecule has 2 N–H and O–H groups in total. The Bertz CT molecular complexity index is 929. The van der Waals surface area contributed by atoms with E-state index in [0.29, 0.717) is 28.5 Å². The van der Waals surface area contributed by atoms with Gasteiger partial charge in [-0.3, -0.25) is 4.79 Å². The fraction of sp³-hybridized carbons (Fsp3) is 0.100. The molecule has 0 spiro atoms. The first kappa shape index (κ1) is 17.9. The summed E-state index contributed by atoms with van der Waals surface area (Å²) in [6, 6.07) is 15.2. The predicted octanol–water partition coefficient (Wildman–Crippen LogP) is 5.05. The van der Waals surface area contributed by atoms with E-state index < -0.39 is 0 Å². The second kappa shape index (κ2) is 7.97. The van der Waals surface area contributed by atoms with Crippen LogP contribution in [0.3, 0.4) is 0 Å². The Morgan fingerprint density at radius 2 is 1.88 bits per heavy atom. The number of benzene rings is 2. The van der Waals surface area contributed by atoms with Gasteiger partial charge in [0.1, 0.15) is 11.5 Å². The molecule has 0 aliphatic carbocycles. The van der Waals surface area contributed by atoms with E-state index in [2.05, 4.69) is 15.6 Å². The van der Waals surface area contributed by atoms with Crippen molar-refractivity contribution in [2.24, 2.45) is 0 Å². The molecule has 1 heterocycles. The summed E-state index contributed by atoms with van der Waals surface area (Å²) in [5.41, 5.74) is 3.08. The Kier molecular flexibility index (Phi) is 5.49. The Morgan fingerprint density at radius 3 is 2.58 bits per heavy atom. The van der Waals surface area contributed by atoms with Crippen LogP contribution in [0.1, 0.15) is 21.6 Å². The number of anilines is 2. The van der Waals surface area contributed by atoms with E-state index >= 15 is 0 Å². The summed E-state index contributed by atoms with van der Waals surface area (Å²) in [6.07, 6.45) is 1.54. The summed E-state index contributed by atoms with van der Waals surface area (Å²) in [5, 5.41) is 6.42. The Labute approximate surface area is 156 Å². The molecule has 1 aromatic heterocycles. The maximum atomic E-state index is 13.6. The van der Waals surface area contributed by atoms with Crippen molar-refractivity contribution in [3.8, 4) is 0 Å². The second-order valence-electron chi connectivity index (χ2n) is 5.80. The van der Waals surface area contributed by atoms with Gasteiger partial charge in [-0.15, -0.1) is 0 Å².